The Labute approximate surface area is 185 Å². The van der Waals surface area contributed by atoms with Gasteiger partial charge < -0.3 is 4.74 Å². The van der Waals surface area contributed by atoms with Crippen molar-refractivity contribution in [1.29, 1.82) is 0 Å². The Hall–Kier alpha value is -3.39. The molecule has 0 fully saturated rings. The van der Waals surface area contributed by atoms with Gasteiger partial charge in [0.2, 0.25) is 0 Å². The zero-order chi connectivity index (χ0) is 22.2. The Balaban J connectivity index is 1.45. The van der Waals surface area contributed by atoms with E-state index in [1.54, 1.807) is 30.0 Å². The summed E-state index contributed by atoms with van der Waals surface area (Å²) in [7, 11) is 0. The van der Waals surface area contributed by atoms with Gasteiger partial charge in [-0.25, -0.2) is 9.97 Å². The molecule has 1 aromatic heterocycles. The monoisotopic (exact) mass is 436 g/mol. The molecule has 0 bridgehead atoms. The van der Waals surface area contributed by atoms with Crippen LogP contribution >= 0.6 is 11.8 Å². The Morgan fingerprint density at radius 1 is 0.935 bits per heavy atom. The number of hydrogen-bond acceptors (Lipinski definition) is 6. The second-order valence-corrected chi connectivity index (χ2v) is 7.92. The summed E-state index contributed by atoms with van der Waals surface area (Å²) in [6.45, 7) is 5.59. The Kier molecular flexibility index (Phi) is 7.61. The first-order valence-electron chi connectivity index (χ1n) is 9.72. The molecule has 0 aliphatic rings. The predicted molar refractivity (Wildman–Crippen MR) is 120 cm³/mol. The van der Waals surface area contributed by atoms with E-state index in [9.17, 15) is 9.59 Å². The standard InChI is InChI=1S/C23H24N4O3S/c1-15-6-4-5-7-20(15)30-13-21(28)26-27-22(29)19-10-8-18(9-11-19)14-31-23-24-16(2)12-17(3)25-23/h4-12H,13-14H2,1-3H3,(H,26,28)(H,27,29). The van der Waals surface area contributed by atoms with E-state index in [4.69, 9.17) is 4.74 Å². The van der Waals surface area contributed by atoms with Crippen molar-refractivity contribution in [2.24, 2.45) is 0 Å². The normalized spacial score (nSPS) is 10.4. The van der Waals surface area contributed by atoms with E-state index in [0.717, 1.165) is 27.7 Å². The number of carbonyl (C=O) groups is 2. The van der Waals surface area contributed by atoms with Crippen LogP contribution in [0.4, 0.5) is 0 Å². The number of rotatable bonds is 7. The molecule has 0 atom stereocenters. The summed E-state index contributed by atoms with van der Waals surface area (Å²) >= 11 is 1.54. The number of ether oxygens (including phenoxy) is 1. The summed E-state index contributed by atoms with van der Waals surface area (Å²) in [5, 5.41) is 0.731. The van der Waals surface area contributed by atoms with E-state index in [-0.39, 0.29) is 6.61 Å². The average molecular weight is 437 g/mol. The van der Waals surface area contributed by atoms with Crippen molar-refractivity contribution in [1.82, 2.24) is 20.8 Å². The fourth-order valence-electron chi connectivity index (χ4n) is 2.75. The molecule has 31 heavy (non-hydrogen) atoms. The molecule has 7 nitrogen and oxygen atoms in total. The van der Waals surface area contributed by atoms with Crippen LogP contribution in [0.5, 0.6) is 5.75 Å². The maximum atomic E-state index is 12.3. The minimum atomic E-state index is -0.446. The molecule has 0 radical (unpaired) electrons. The number of aryl methyl sites for hydroxylation is 3. The van der Waals surface area contributed by atoms with Gasteiger partial charge in [-0.3, -0.25) is 20.4 Å². The number of hydrogen-bond donors (Lipinski definition) is 2. The number of amides is 2. The van der Waals surface area contributed by atoms with Crippen molar-refractivity contribution in [3.8, 4) is 5.75 Å². The molecule has 0 spiro atoms. The van der Waals surface area contributed by atoms with E-state index in [1.807, 2.05) is 57.2 Å². The number of thioether (sulfide) groups is 1. The van der Waals surface area contributed by atoms with Gasteiger partial charge in [0.1, 0.15) is 5.75 Å². The maximum Gasteiger partial charge on any atom is 0.276 e. The van der Waals surface area contributed by atoms with Crippen LogP contribution in [-0.4, -0.2) is 28.4 Å². The molecule has 0 saturated heterocycles. The third-order valence-electron chi connectivity index (χ3n) is 4.31. The number of nitrogens with one attached hydrogen (secondary N) is 2. The third kappa shape index (κ3) is 6.82. The van der Waals surface area contributed by atoms with Crippen LogP contribution in [0.25, 0.3) is 0 Å². The van der Waals surface area contributed by atoms with E-state index >= 15 is 0 Å². The van der Waals surface area contributed by atoms with Crippen molar-refractivity contribution in [2.45, 2.75) is 31.7 Å². The molecule has 3 rings (SSSR count). The van der Waals surface area contributed by atoms with E-state index < -0.39 is 11.8 Å². The lowest BCUT2D eigenvalue weighted by atomic mass is 10.1. The minimum absolute atomic E-state index is 0.193. The molecule has 160 valence electrons. The third-order valence-corrected chi connectivity index (χ3v) is 5.23. The summed E-state index contributed by atoms with van der Waals surface area (Å²) in [6.07, 6.45) is 0. The lowest BCUT2D eigenvalue weighted by Crippen LogP contribution is -2.43. The average Bonchev–Trinajstić information content (AvgIpc) is 2.75. The Morgan fingerprint density at radius 3 is 2.29 bits per heavy atom. The van der Waals surface area contributed by atoms with E-state index in [0.29, 0.717) is 17.1 Å². The first kappa shape index (κ1) is 22.3. The van der Waals surface area contributed by atoms with Crippen LogP contribution in [0.3, 0.4) is 0 Å². The molecule has 0 aliphatic heterocycles. The lowest BCUT2D eigenvalue weighted by molar-refractivity contribution is -0.123. The molecule has 1 heterocycles. The van der Waals surface area contributed by atoms with Gasteiger partial charge in [-0.2, -0.15) is 0 Å². The van der Waals surface area contributed by atoms with Gasteiger partial charge in [-0.05, 0) is 56.2 Å². The second kappa shape index (κ2) is 10.6. The molecule has 2 amide bonds. The van der Waals surface area contributed by atoms with Crippen molar-refractivity contribution < 1.29 is 14.3 Å². The van der Waals surface area contributed by atoms with Crippen molar-refractivity contribution >= 4 is 23.6 Å². The molecule has 0 aliphatic carbocycles. The molecule has 2 N–H and O–H groups in total. The van der Waals surface area contributed by atoms with Crippen LogP contribution < -0.4 is 15.6 Å². The van der Waals surface area contributed by atoms with Gasteiger partial charge in [0.05, 0.1) is 0 Å². The highest BCUT2D eigenvalue weighted by Gasteiger charge is 2.09. The lowest BCUT2D eigenvalue weighted by Gasteiger charge is -2.10. The topological polar surface area (TPSA) is 93.2 Å². The van der Waals surface area contributed by atoms with Crippen LogP contribution in [0, 0.1) is 20.8 Å². The highest BCUT2D eigenvalue weighted by atomic mass is 32.2. The van der Waals surface area contributed by atoms with Gasteiger partial charge in [-0.15, -0.1) is 0 Å². The molecule has 0 saturated carbocycles. The van der Waals surface area contributed by atoms with Gasteiger partial charge >= 0.3 is 0 Å². The Bertz CT molecular complexity index is 1050. The van der Waals surface area contributed by atoms with Gasteiger partial charge in [-0.1, -0.05) is 42.1 Å². The number of nitrogens with zero attached hydrogens (tertiary/aromatic N) is 2. The van der Waals surface area contributed by atoms with E-state index in [1.165, 1.54) is 0 Å². The van der Waals surface area contributed by atoms with E-state index in [2.05, 4.69) is 20.8 Å². The quantitative estimate of drug-likeness (QED) is 0.334. The number of para-hydroxylation sites is 1. The number of benzene rings is 2. The van der Waals surface area contributed by atoms with Gasteiger partial charge in [0, 0.05) is 22.7 Å². The smallest absolute Gasteiger partial charge is 0.276 e. The number of carbonyl (C=O) groups excluding carboxylic acids is 2. The van der Waals surface area contributed by atoms with Crippen LogP contribution in [0.2, 0.25) is 0 Å². The maximum absolute atomic E-state index is 12.3. The SMILES string of the molecule is Cc1cc(C)nc(SCc2ccc(C(=O)NNC(=O)COc3ccccc3C)cc2)n1. The fourth-order valence-corrected chi connectivity index (χ4v) is 3.66. The zero-order valence-corrected chi connectivity index (χ0v) is 18.5. The van der Waals surface area contributed by atoms with Crippen molar-refractivity contribution in [3.05, 3.63) is 82.7 Å². The predicted octanol–water partition coefficient (Wildman–Crippen LogP) is 3.53. The molecular formula is C23H24N4O3S. The summed E-state index contributed by atoms with van der Waals surface area (Å²) in [6, 6.07) is 16.5. The number of aromatic nitrogens is 2. The fraction of sp³-hybridized carbons (Fsp3) is 0.217. The number of hydrazine groups is 1. The van der Waals surface area contributed by atoms with Gasteiger partial charge in [0.15, 0.2) is 11.8 Å². The highest BCUT2D eigenvalue weighted by Crippen LogP contribution is 2.20. The van der Waals surface area contributed by atoms with Crippen LogP contribution in [0.15, 0.2) is 59.8 Å². The largest absolute Gasteiger partial charge is 0.483 e. The zero-order valence-electron chi connectivity index (χ0n) is 17.6. The van der Waals surface area contributed by atoms with Crippen LogP contribution in [0.1, 0.15) is 32.9 Å². The van der Waals surface area contributed by atoms with Crippen molar-refractivity contribution in [2.75, 3.05) is 6.61 Å². The highest BCUT2D eigenvalue weighted by molar-refractivity contribution is 7.98. The molecule has 2 aromatic carbocycles. The van der Waals surface area contributed by atoms with Crippen molar-refractivity contribution in [3.63, 3.8) is 0 Å². The Morgan fingerprint density at radius 2 is 1.61 bits per heavy atom. The molecule has 3 aromatic rings. The first-order chi connectivity index (χ1) is 14.9. The second-order valence-electron chi connectivity index (χ2n) is 6.98. The molecule has 8 heteroatoms. The summed E-state index contributed by atoms with van der Waals surface area (Å²) in [5.41, 5.74) is 9.05. The summed E-state index contributed by atoms with van der Waals surface area (Å²) in [4.78, 5) is 33.0. The summed E-state index contributed by atoms with van der Waals surface area (Å²) < 4.78 is 5.45. The summed E-state index contributed by atoms with van der Waals surface area (Å²) in [5.74, 6) is 0.473. The minimum Gasteiger partial charge on any atom is -0.483 e. The van der Waals surface area contributed by atoms with Crippen LogP contribution in [-0.2, 0) is 10.5 Å². The first-order valence-corrected chi connectivity index (χ1v) is 10.7. The molecular weight excluding hydrogens is 412 g/mol. The molecule has 0 unspecified atom stereocenters. The van der Waals surface area contributed by atoms with Gasteiger partial charge in [0.25, 0.3) is 11.8 Å².